The molecular formula is C13H14N2O3. The number of benzene rings is 1. The predicted molar refractivity (Wildman–Crippen MR) is 66.3 cm³/mol. The van der Waals surface area contributed by atoms with Crippen LogP contribution in [-0.2, 0) is 16.0 Å². The minimum absolute atomic E-state index is 0.0244. The van der Waals surface area contributed by atoms with Crippen molar-refractivity contribution in [1.29, 1.82) is 0 Å². The zero-order valence-electron chi connectivity index (χ0n) is 10.1. The van der Waals surface area contributed by atoms with Crippen molar-refractivity contribution in [1.82, 2.24) is 9.55 Å². The van der Waals surface area contributed by atoms with E-state index in [0.29, 0.717) is 36.5 Å². The summed E-state index contributed by atoms with van der Waals surface area (Å²) in [6.07, 6.45) is -0.541. The number of hydrogen-bond acceptors (Lipinski definition) is 4. The van der Waals surface area contributed by atoms with E-state index in [-0.39, 0.29) is 5.56 Å². The van der Waals surface area contributed by atoms with Crippen molar-refractivity contribution in [3.63, 3.8) is 0 Å². The molecule has 3 rings (SSSR count). The summed E-state index contributed by atoms with van der Waals surface area (Å²) in [6, 6.07) is 7.33. The minimum Gasteiger partial charge on any atom is -0.346 e. The molecule has 2 aromatic rings. The second-order valence-corrected chi connectivity index (χ2v) is 4.10. The van der Waals surface area contributed by atoms with E-state index in [1.807, 2.05) is 25.1 Å². The Labute approximate surface area is 104 Å². The molecule has 18 heavy (non-hydrogen) atoms. The Hall–Kier alpha value is -1.72. The van der Waals surface area contributed by atoms with Gasteiger partial charge in [-0.2, -0.15) is 0 Å². The Morgan fingerprint density at radius 1 is 1.50 bits per heavy atom. The highest BCUT2D eigenvalue weighted by Crippen LogP contribution is 2.21. The molecule has 0 N–H and O–H groups in total. The van der Waals surface area contributed by atoms with Gasteiger partial charge in [-0.15, -0.1) is 0 Å². The van der Waals surface area contributed by atoms with Crippen LogP contribution >= 0.6 is 0 Å². The maximum Gasteiger partial charge on any atom is 0.261 e. The fraction of sp³-hybridized carbons (Fsp3) is 0.385. The Morgan fingerprint density at radius 2 is 2.33 bits per heavy atom. The van der Waals surface area contributed by atoms with Crippen LogP contribution in [0.3, 0.4) is 0 Å². The minimum atomic E-state index is -0.541. The molecule has 1 aromatic carbocycles. The zero-order chi connectivity index (χ0) is 12.5. The summed E-state index contributed by atoms with van der Waals surface area (Å²) in [4.78, 5) is 16.8. The fourth-order valence-corrected chi connectivity index (χ4v) is 2.18. The van der Waals surface area contributed by atoms with Crippen LogP contribution in [0, 0.1) is 0 Å². The van der Waals surface area contributed by atoms with Crippen LogP contribution in [-0.4, -0.2) is 22.8 Å². The van der Waals surface area contributed by atoms with E-state index >= 15 is 0 Å². The van der Waals surface area contributed by atoms with E-state index < -0.39 is 6.29 Å². The van der Waals surface area contributed by atoms with E-state index in [2.05, 4.69) is 4.98 Å². The van der Waals surface area contributed by atoms with Crippen LogP contribution in [0.4, 0.5) is 0 Å². The second kappa shape index (κ2) is 4.51. The molecule has 2 heterocycles. The highest BCUT2D eigenvalue weighted by atomic mass is 16.7. The number of rotatable bonds is 2. The van der Waals surface area contributed by atoms with Gasteiger partial charge < -0.3 is 9.47 Å². The van der Waals surface area contributed by atoms with E-state index in [1.165, 1.54) is 0 Å². The van der Waals surface area contributed by atoms with Crippen molar-refractivity contribution in [2.75, 3.05) is 13.2 Å². The van der Waals surface area contributed by atoms with Gasteiger partial charge in [0.25, 0.3) is 5.56 Å². The Morgan fingerprint density at radius 3 is 3.17 bits per heavy atom. The van der Waals surface area contributed by atoms with Gasteiger partial charge in [0, 0.05) is 6.61 Å². The summed E-state index contributed by atoms with van der Waals surface area (Å²) in [5.74, 6) is 0.562. The van der Waals surface area contributed by atoms with Gasteiger partial charge in [0.05, 0.1) is 24.1 Å². The van der Waals surface area contributed by atoms with Crippen LogP contribution in [0.15, 0.2) is 29.1 Å². The number of nitrogens with zero attached hydrogens (tertiary/aromatic N) is 2. The third-order valence-electron chi connectivity index (χ3n) is 3.00. The Bertz CT molecular complexity index is 636. The summed E-state index contributed by atoms with van der Waals surface area (Å²) >= 11 is 0. The number of ether oxygens (including phenoxy) is 2. The maximum absolute atomic E-state index is 12.3. The van der Waals surface area contributed by atoms with Crippen molar-refractivity contribution < 1.29 is 9.47 Å². The first kappa shape index (κ1) is 11.4. The predicted octanol–water partition coefficient (Wildman–Crippen LogP) is 1.46. The molecule has 1 aromatic heterocycles. The molecule has 1 aliphatic heterocycles. The standard InChI is InChI=1S/C13H14N2O3/c1-2-17-13-11-14-10-6-4-3-5-9(10)12(16)15(11)7-8-18-13/h3-6,13H,2,7-8H2,1H3. The normalized spacial score (nSPS) is 18.8. The molecule has 1 atom stereocenters. The van der Waals surface area contributed by atoms with Gasteiger partial charge in [-0.05, 0) is 19.1 Å². The third-order valence-corrected chi connectivity index (χ3v) is 3.00. The summed E-state index contributed by atoms with van der Waals surface area (Å²) < 4.78 is 12.6. The molecule has 0 saturated heterocycles. The number of fused-ring (bicyclic) bond motifs is 2. The van der Waals surface area contributed by atoms with E-state index in [4.69, 9.17) is 9.47 Å². The third kappa shape index (κ3) is 1.72. The van der Waals surface area contributed by atoms with Crippen LogP contribution in [0.25, 0.3) is 10.9 Å². The second-order valence-electron chi connectivity index (χ2n) is 4.10. The van der Waals surface area contributed by atoms with Crippen molar-refractivity contribution in [3.8, 4) is 0 Å². The lowest BCUT2D eigenvalue weighted by Gasteiger charge is -2.26. The lowest BCUT2D eigenvalue weighted by Crippen LogP contribution is -2.34. The largest absolute Gasteiger partial charge is 0.346 e. The van der Waals surface area contributed by atoms with Crippen molar-refractivity contribution >= 4 is 10.9 Å². The zero-order valence-corrected chi connectivity index (χ0v) is 10.1. The number of hydrogen-bond donors (Lipinski definition) is 0. The van der Waals surface area contributed by atoms with Crippen LogP contribution in [0.5, 0.6) is 0 Å². The van der Waals surface area contributed by atoms with Gasteiger partial charge in [-0.1, -0.05) is 12.1 Å². The molecule has 0 radical (unpaired) electrons. The van der Waals surface area contributed by atoms with Gasteiger partial charge in [0.2, 0.25) is 6.29 Å². The molecule has 0 spiro atoms. The molecule has 0 saturated carbocycles. The first-order chi connectivity index (χ1) is 8.81. The van der Waals surface area contributed by atoms with Crippen LogP contribution in [0.2, 0.25) is 0 Å². The van der Waals surface area contributed by atoms with Crippen molar-refractivity contribution in [2.24, 2.45) is 0 Å². The topological polar surface area (TPSA) is 53.4 Å². The smallest absolute Gasteiger partial charge is 0.261 e. The van der Waals surface area contributed by atoms with Crippen LogP contribution in [0.1, 0.15) is 19.0 Å². The average Bonchev–Trinajstić information content (AvgIpc) is 2.40. The Kier molecular flexibility index (Phi) is 2.85. The van der Waals surface area contributed by atoms with Gasteiger partial charge in [0.1, 0.15) is 0 Å². The Balaban J connectivity index is 2.24. The molecule has 5 nitrogen and oxygen atoms in total. The SMILES string of the molecule is CCOC1OCCn2c1nc1ccccc1c2=O. The van der Waals surface area contributed by atoms with Gasteiger partial charge in [-0.3, -0.25) is 9.36 Å². The molecule has 1 unspecified atom stereocenters. The van der Waals surface area contributed by atoms with Gasteiger partial charge >= 0.3 is 0 Å². The monoisotopic (exact) mass is 246 g/mol. The molecule has 0 bridgehead atoms. The van der Waals surface area contributed by atoms with Crippen molar-refractivity contribution in [2.45, 2.75) is 19.8 Å². The van der Waals surface area contributed by atoms with Crippen molar-refractivity contribution in [3.05, 3.63) is 40.4 Å². The quantitative estimate of drug-likeness (QED) is 0.805. The molecule has 0 aliphatic carbocycles. The molecule has 0 amide bonds. The lowest BCUT2D eigenvalue weighted by atomic mass is 10.2. The van der Waals surface area contributed by atoms with Gasteiger partial charge in [0.15, 0.2) is 5.82 Å². The number of aromatic nitrogens is 2. The molecule has 94 valence electrons. The number of para-hydroxylation sites is 1. The molecule has 1 aliphatic rings. The first-order valence-corrected chi connectivity index (χ1v) is 6.04. The average molecular weight is 246 g/mol. The van der Waals surface area contributed by atoms with Gasteiger partial charge in [-0.25, -0.2) is 4.98 Å². The molecule has 5 heteroatoms. The summed E-state index contributed by atoms with van der Waals surface area (Å²) in [5, 5.41) is 0.637. The summed E-state index contributed by atoms with van der Waals surface area (Å²) in [5.41, 5.74) is 0.660. The van der Waals surface area contributed by atoms with E-state index in [1.54, 1.807) is 10.6 Å². The van der Waals surface area contributed by atoms with E-state index in [9.17, 15) is 4.79 Å². The maximum atomic E-state index is 12.3. The molecular weight excluding hydrogens is 232 g/mol. The van der Waals surface area contributed by atoms with E-state index in [0.717, 1.165) is 0 Å². The fourth-order valence-electron chi connectivity index (χ4n) is 2.18. The summed E-state index contributed by atoms with van der Waals surface area (Å²) in [6.45, 7) is 3.40. The summed E-state index contributed by atoms with van der Waals surface area (Å²) in [7, 11) is 0. The first-order valence-electron chi connectivity index (χ1n) is 6.04. The van der Waals surface area contributed by atoms with Crippen LogP contribution < -0.4 is 5.56 Å². The molecule has 0 fully saturated rings. The highest BCUT2D eigenvalue weighted by Gasteiger charge is 2.24. The lowest BCUT2D eigenvalue weighted by molar-refractivity contribution is -0.164. The highest BCUT2D eigenvalue weighted by molar-refractivity contribution is 5.77.